The highest BCUT2D eigenvalue weighted by Crippen LogP contribution is 2.28. The van der Waals surface area contributed by atoms with Crippen LogP contribution in [0.2, 0.25) is 10.0 Å². The molecule has 0 heterocycles. The van der Waals surface area contributed by atoms with Crippen molar-refractivity contribution in [3.05, 3.63) is 129 Å². The number of halogens is 2. The van der Waals surface area contributed by atoms with Crippen molar-refractivity contribution in [2.24, 2.45) is 0 Å². The molecule has 0 radical (unpaired) electrons. The van der Waals surface area contributed by atoms with Crippen molar-refractivity contribution >= 4 is 50.7 Å². The summed E-state index contributed by atoms with van der Waals surface area (Å²) in [5.41, 5.74) is 3.46. The molecule has 4 aromatic rings. The van der Waals surface area contributed by atoms with Crippen LogP contribution in [0.25, 0.3) is 0 Å². The number of benzene rings is 4. The number of amides is 2. The Labute approximate surface area is 275 Å². The number of carbonyl (C=O) groups excluding carboxylic acids is 2. The van der Waals surface area contributed by atoms with Gasteiger partial charge in [-0.2, -0.15) is 0 Å². The van der Waals surface area contributed by atoms with E-state index in [1.54, 1.807) is 48.5 Å². The molecule has 0 aliphatic carbocycles. The van der Waals surface area contributed by atoms with Gasteiger partial charge in [0, 0.05) is 29.1 Å². The Balaban J connectivity index is 1.83. The van der Waals surface area contributed by atoms with Crippen LogP contribution in [0.1, 0.15) is 36.1 Å². The number of nitrogens with one attached hydrogen (secondary N) is 1. The summed E-state index contributed by atoms with van der Waals surface area (Å²) in [5.74, 6) is -0.936. The van der Waals surface area contributed by atoms with Crippen molar-refractivity contribution in [1.29, 1.82) is 0 Å². The number of carbonyl (C=O) groups is 2. The maximum Gasteiger partial charge on any atom is 0.264 e. The van der Waals surface area contributed by atoms with Crippen molar-refractivity contribution < 1.29 is 18.0 Å². The molecule has 0 saturated carbocycles. The van der Waals surface area contributed by atoms with Gasteiger partial charge in [0.05, 0.1) is 10.6 Å². The maximum absolute atomic E-state index is 14.5. The molecule has 2 amide bonds. The summed E-state index contributed by atoms with van der Waals surface area (Å²) in [6.07, 6.45) is 0.200. The van der Waals surface area contributed by atoms with Crippen LogP contribution in [0.5, 0.6) is 0 Å². The molecule has 0 fully saturated rings. The second-order valence-corrected chi connectivity index (χ2v) is 14.0. The molecule has 4 aromatic carbocycles. The fourth-order valence-electron chi connectivity index (χ4n) is 4.92. The Morgan fingerprint density at radius 2 is 1.51 bits per heavy atom. The lowest BCUT2D eigenvalue weighted by Gasteiger charge is -2.34. The predicted octanol–water partition coefficient (Wildman–Crippen LogP) is 6.97. The van der Waals surface area contributed by atoms with Crippen molar-refractivity contribution in [3.63, 3.8) is 0 Å². The van der Waals surface area contributed by atoms with E-state index in [9.17, 15) is 18.0 Å². The third-order valence-electron chi connectivity index (χ3n) is 7.24. The number of aryl methyl sites for hydroxylation is 2. The van der Waals surface area contributed by atoms with E-state index in [-0.39, 0.29) is 29.8 Å². The van der Waals surface area contributed by atoms with Gasteiger partial charge in [-0.05, 0) is 80.8 Å². The molecule has 0 aliphatic heterocycles. The van der Waals surface area contributed by atoms with E-state index in [2.05, 4.69) is 5.32 Å². The van der Waals surface area contributed by atoms with Gasteiger partial charge in [-0.15, -0.1) is 0 Å². The van der Waals surface area contributed by atoms with Crippen molar-refractivity contribution in [2.75, 3.05) is 10.8 Å². The lowest BCUT2D eigenvalue weighted by atomic mass is 10.0. The zero-order valence-corrected chi connectivity index (χ0v) is 28.0. The molecule has 0 spiro atoms. The highest BCUT2D eigenvalue weighted by Gasteiger charge is 2.35. The Morgan fingerprint density at radius 3 is 2.13 bits per heavy atom. The van der Waals surface area contributed by atoms with Crippen LogP contribution in [0, 0.1) is 13.8 Å². The lowest BCUT2D eigenvalue weighted by molar-refractivity contribution is -0.140. The molecule has 0 saturated heterocycles. The average molecular weight is 667 g/mol. The Bertz CT molecular complexity index is 1750. The smallest absolute Gasteiger partial charge is 0.264 e. The average Bonchev–Trinajstić information content (AvgIpc) is 2.98. The Morgan fingerprint density at radius 1 is 0.822 bits per heavy atom. The SMILES string of the molecule is Cc1ccc(S(=O)(=O)N(CC(=O)N(Cc2ccc(Cl)cc2Cl)C(Cc2ccccc2)C(=O)NC(C)C)c2cccc(C)c2)cc1. The number of sulfonamides is 1. The summed E-state index contributed by atoms with van der Waals surface area (Å²) in [6, 6.07) is 26.6. The second-order valence-electron chi connectivity index (χ2n) is 11.3. The van der Waals surface area contributed by atoms with E-state index in [4.69, 9.17) is 23.2 Å². The van der Waals surface area contributed by atoms with Gasteiger partial charge in [0.1, 0.15) is 12.6 Å². The normalized spacial score (nSPS) is 12.1. The minimum Gasteiger partial charge on any atom is -0.352 e. The van der Waals surface area contributed by atoms with E-state index < -0.39 is 28.5 Å². The first-order chi connectivity index (χ1) is 21.3. The van der Waals surface area contributed by atoms with Crippen molar-refractivity contribution in [1.82, 2.24) is 10.2 Å². The third kappa shape index (κ3) is 8.87. The fourth-order valence-corrected chi connectivity index (χ4v) is 6.79. The first-order valence-corrected chi connectivity index (χ1v) is 16.8. The van der Waals surface area contributed by atoms with Crippen LogP contribution >= 0.6 is 23.2 Å². The summed E-state index contributed by atoms with van der Waals surface area (Å²) in [7, 11) is -4.18. The van der Waals surface area contributed by atoms with Crippen LogP contribution in [-0.4, -0.2) is 43.8 Å². The van der Waals surface area contributed by atoms with Gasteiger partial charge in [0.2, 0.25) is 11.8 Å². The molecule has 0 bridgehead atoms. The lowest BCUT2D eigenvalue weighted by Crippen LogP contribution is -2.54. The largest absolute Gasteiger partial charge is 0.352 e. The molecular weight excluding hydrogens is 629 g/mol. The molecule has 1 N–H and O–H groups in total. The maximum atomic E-state index is 14.5. The van der Waals surface area contributed by atoms with Gasteiger partial charge in [-0.3, -0.25) is 13.9 Å². The highest BCUT2D eigenvalue weighted by molar-refractivity contribution is 7.92. The quantitative estimate of drug-likeness (QED) is 0.177. The van der Waals surface area contributed by atoms with E-state index in [0.29, 0.717) is 21.3 Å². The zero-order valence-electron chi connectivity index (χ0n) is 25.7. The van der Waals surface area contributed by atoms with Crippen LogP contribution in [-0.2, 0) is 32.6 Å². The monoisotopic (exact) mass is 665 g/mol. The van der Waals surface area contributed by atoms with Crippen molar-refractivity contribution in [3.8, 4) is 0 Å². The summed E-state index contributed by atoms with van der Waals surface area (Å²) in [4.78, 5) is 29.8. The molecule has 1 unspecified atom stereocenters. The number of anilines is 1. The first-order valence-electron chi connectivity index (χ1n) is 14.6. The van der Waals surface area contributed by atoms with E-state index in [1.165, 1.54) is 17.0 Å². The van der Waals surface area contributed by atoms with Gasteiger partial charge in [0.25, 0.3) is 10.0 Å². The molecule has 0 aliphatic rings. The molecule has 10 heteroatoms. The van der Waals surface area contributed by atoms with Crippen molar-refractivity contribution in [2.45, 2.75) is 57.6 Å². The number of hydrogen-bond acceptors (Lipinski definition) is 4. The Hall–Kier alpha value is -3.85. The first kappa shape index (κ1) is 34.0. The molecule has 0 aromatic heterocycles. The van der Waals surface area contributed by atoms with Gasteiger partial charge in [-0.1, -0.05) is 89.4 Å². The minimum absolute atomic E-state index is 0.0492. The summed E-state index contributed by atoms with van der Waals surface area (Å²) in [5, 5.41) is 3.69. The topological polar surface area (TPSA) is 86.8 Å². The molecule has 236 valence electrons. The van der Waals surface area contributed by atoms with E-state index >= 15 is 0 Å². The van der Waals surface area contributed by atoms with E-state index in [1.807, 2.05) is 64.1 Å². The van der Waals surface area contributed by atoms with Crippen LogP contribution in [0.3, 0.4) is 0 Å². The molecule has 45 heavy (non-hydrogen) atoms. The van der Waals surface area contributed by atoms with Gasteiger partial charge < -0.3 is 10.2 Å². The standard InChI is InChI=1S/C35H37Cl2N3O4S/c1-24(2)38-35(42)33(20-27-10-6-5-7-11-27)39(22-28-15-16-29(36)21-32(28)37)34(41)23-40(30-12-8-9-26(4)19-30)45(43,44)31-17-13-25(3)14-18-31/h5-19,21,24,33H,20,22-23H2,1-4H3,(H,38,42). The Kier molecular flexibility index (Phi) is 11.3. The van der Waals surface area contributed by atoms with Crippen LogP contribution in [0.15, 0.2) is 102 Å². The summed E-state index contributed by atoms with van der Waals surface area (Å²) >= 11 is 12.7. The molecule has 1 atom stereocenters. The second kappa shape index (κ2) is 15.0. The number of rotatable bonds is 12. The number of hydrogen-bond donors (Lipinski definition) is 1. The predicted molar refractivity (Wildman–Crippen MR) is 181 cm³/mol. The molecule has 7 nitrogen and oxygen atoms in total. The zero-order chi connectivity index (χ0) is 32.7. The van der Waals surface area contributed by atoms with Crippen LogP contribution in [0.4, 0.5) is 5.69 Å². The summed E-state index contributed by atoms with van der Waals surface area (Å²) < 4.78 is 29.4. The van der Waals surface area contributed by atoms with Crippen LogP contribution < -0.4 is 9.62 Å². The minimum atomic E-state index is -4.18. The van der Waals surface area contributed by atoms with E-state index in [0.717, 1.165) is 21.0 Å². The van der Waals surface area contributed by atoms with Gasteiger partial charge in [-0.25, -0.2) is 8.42 Å². The fraction of sp³-hybridized carbons (Fsp3) is 0.257. The van der Waals surface area contributed by atoms with Gasteiger partial charge >= 0.3 is 0 Å². The van der Waals surface area contributed by atoms with Gasteiger partial charge in [0.15, 0.2) is 0 Å². The summed E-state index contributed by atoms with van der Waals surface area (Å²) in [6.45, 7) is 6.80. The number of nitrogens with zero attached hydrogens (tertiary/aromatic N) is 2. The molecular formula is C35H37Cl2N3O4S. The molecule has 4 rings (SSSR count). The third-order valence-corrected chi connectivity index (χ3v) is 9.61. The highest BCUT2D eigenvalue weighted by atomic mass is 35.5.